The van der Waals surface area contributed by atoms with E-state index in [0.29, 0.717) is 0 Å². The molecule has 0 fully saturated rings. The Balaban J connectivity index is 2.11. The molecule has 2 aromatic carbocycles. The Labute approximate surface area is 135 Å². The third-order valence-electron chi connectivity index (χ3n) is 4.11. The number of carboxylic acids is 1. The highest BCUT2D eigenvalue weighted by molar-refractivity contribution is 5.76. The quantitative estimate of drug-likeness (QED) is 0.860. The molecule has 0 saturated heterocycles. The maximum atomic E-state index is 13.8. The first-order valence-electron chi connectivity index (χ1n) is 7.58. The zero-order chi connectivity index (χ0) is 17.0. The molecule has 2 rings (SSSR count). The van der Waals surface area contributed by atoms with Crippen LogP contribution in [0.4, 0.5) is 4.39 Å². The van der Waals surface area contributed by atoms with Gasteiger partial charge in [-0.15, -0.1) is 0 Å². The second kappa shape index (κ2) is 7.27. The van der Waals surface area contributed by atoms with Crippen molar-refractivity contribution in [3.8, 4) is 5.75 Å². The van der Waals surface area contributed by atoms with E-state index in [1.807, 2.05) is 32.9 Å². The van der Waals surface area contributed by atoms with Gasteiger partial charge in [-0.3, -0.25) is 4.79 Å². The molecule has 122 valence electrons. The minimum atomic E-state index is -1.05. The van der Waals surface area contributed by atoms with Crippen LogP contribution in [0.3, 0.4) is 0 Å². The molecule has 0 heterocycles. The molecule has 0 aromatic heterocycles. The maximum absolute atomic E-state index is 13.8. The van der Waals surface area contributed by atoms with E-state index in [2.05, 4.69) is 0 Å². The Bertz CT molecular complexity index is 710. The molecule has 0 amide bonds. The first-order chi connectivity index (χ1) is 10.9. The first kappa shape index (κ1) is 17.0. The summed E-state index contributed by atoms with van der Waals surface area (Å²) in [4.78, 5) is 11.5. The second-order valence-corrected chi connectivity index (χ2v) is 5.70. The lowest BCUT2D eigenvalue weighted by molar-refractivity contribution is -0.139. The minimum Gasteiger partial charge on any atom is -0.493 e. The number of aliphatic carboxylic acids is 1. The molecule has 0 radical (unpaired) electrons. The summed E-state index contributed by atoms with van der Waals surface area (Å²) >= 11 is 0. The Morgan fingerprint density at radius 3 is 2.43 bits per heavy atom. The Morgan fingerprint density at radius 2 is 1.78 bits per heavy atom. The number of carbonyl (C=O) groups is 1. The van der Waals surface area contributed by atoms with Gasteiger partial charge in [0.25, 0.3) is 0 Å². The van der Waals surface area contributed by atoms with Crippen LogP contribution < -0.4 is 4.74 Å². The summed E-state index contributed by atoms with van der Waals surface area (Å²) in [5.74, 6) is -1.68. The number of benzene rings is 2. The normalized spacial score (nSPS) is 12.0. The van der Waals surface area contributed by atoms with Crippen molar-refractivity contribution >= 4 is 5.97 Å². The van der Waals surface area contributed by atoms with Gasteiger partial charge >= 0.3 is 5.97 Å². The Morgan fingerprint density at radius 1 is 1.13 bits per heavy atom. The van der Waals surface area contributed by atoms with E-state index in [-0.39, 0.29) is 18.6 Å². The summed E-state index contributed by atoms with van der Waals surface area (Å²) in [5, 5.41) is 9.38. The summed E-state index contributed by atoms with van der Waals surface area (Å²) in [6, 6.07) is 9.98. The lowest BCUT2D eigenvalue weighted by Gasteiger charge is -2.17. The summed E-state index contributed by atoms with van der Waals surface area (Å²) in [6.07, 6.45) is 0.211. The summed E-state index contributed by atoms with van der Waals surface area (Å²) < 4.78 is 19.6. The van der Waals surface area contributed by atoms with Crippen LogP contribution in [0.2, 0.25) is 0 Å². The van der Waals surface area contributed by atoms with Gasteiger partial charge in [0, 0.05) is 5.56 Å². The predicted octanol–water partition coefficient (Wildman–Crippen LogP) is 4.39. The molecule has 1 N–H and O–H groups in total. The van der Waals surface area contributed by atoms with Crippen LogP contribution in [0.25, 0.3) is 0 Å². The van der Waals surface area contributed by atoms with Crippen molar-refractivity contribution < 1.29 is 19.0 Å². The average molecular weight is 316 g/mol. The van der Waals surface area contributed by atoms with Crippen LogP contribution in [-0.4, -0.2) is 17.7 Å². The van der Waals surface area contributed by atoms with Gasteiger partial charge in [-0.05, 0) is 49.9 Å². The minimum absolute atomic E-state index is 0.196. The standard InChI is InChI=1S/C19H21FO3/c1-12-8-9-13(2)18(14(12)3)23-11-10-16(19(21)22)15-6-4-5-7-17(15)20/h4-9,16H,10-11H2,1-3H3,(H,21,22). The maximum Gasteiger partial charge on any atom is 0.311 e. The van der Waals surface area contributed by atoms with Crippen LogP contribution in [0.5, 0.6) is 5.75 Å². The zero-order valence-electron chi connectivity index (χ0n) is 13.6. The molecule has 3 nitrogen and oxygen atoms in total. The number of halogens is 1. The number of carboxylic acid groups (broad SMARTS) is 1. The Hall–Kier alpha value is -2.36. The van der Waals surface area contributed by atoms with Crippen molar-refractivity contribution in [2.75, 3.05) is 6.61 Å². The third kappa shape index (κ3) is 3.89. The molecule has 1 atom stereocenters. The van der Waals surface area contributed by atoms with E-state index in [4.69, 9.17) is 4.74 Å². The van der Waals surface area contributed by atoms with Gasteiger partial charge in [0.05, 0.1) is 12.5 Å². The molecule has 0 aliphatic carbocycles. The Kier molecular flexibility index (Phi) is 5.37. The van der Waals surface area contributed by atoms with Crippen LogP contribution in [-0.2, 0) is 4.79 Å². The first-order valence-corrected chi connectivity index (χ1v) is 7.58. The topological polar surface area (TPSA) is 46.5 Å². The van der Waals surface area contributed by atoms with Crippen LogP contribution in [0.15, 0.2) is 36.4 Å². The van der Waals surface area contributed by atoms with Crippen molar-refractivity contribution in [3.05, 3.63) is 64.5 Å². The average Bonchev–Trinajstić information content (AvgIpc) is 2.51. The van der Waals surface area contributed by atoms with E-state index in [0.717, 1.165) is 22.4 Å². The number of hydrogen-bond acceptors (Lipinski definition) is 2. The van der Waals surface area contributed by atoms with Crippen molar-refractivity contribution in [1.29, 1.82) is 0 Å². The molecule has 0 saturated carbocycles. The summed E-state index contributed by atoms with van der Waals surface area (Å²) in [5.41, 5.74) is 3.37. The zero-order valence-corrected chi connectivity index (χ0v) is 13.6. The van der Waals surface area contributed by atoms with Gasteiger partial charge in [0.1, 0.15) is 11.6 Å². The SMILES string of the molecule is Cc1ccc(C)c(OCCC(C(=O)O)c2ccccc2F)c1C. The second-order valence-electron chi connectivity index (χ2n) is 5.70. The monoisotopic (exact) mass is 316 g/mol. The van der Waals surface area contributed by atoms with Crippen molar-refractivity contribution in [1.82, 2.24) is 0 Å². The molecular weight excluding hydrogens is 295 g/mol. The highest BCUT2D eigenvalue weighted by atomic mass is 19.1. The van der Waals surface area contributed by atoms with Gasteiger partial charge in [0.2, 0.25) is 0 Å². The van der Waals surface area contributed by atoms with Crippen LogP contribution in [0, 0.1) is 26.6 Å². The molecule has 0 aliphatic heterocycles. The van der Waals surface area contributed by atoms with Gasteiger partial charge in [0.15, 0.2) is 0 Å². The lowest BCUT2D eigenvalue weighted by Crippen LogP contribution is -2.16. The molecule has 2 aromatic rings. The van der Waals surface area contributed by atoms with Crippen molar-refractivity contribution in [2.45, 2.75) is 33.1 Å². The highest BCUT2D eigenvalue weighted by Crippen LogP contribution is 2.28. The fraction of sp³-hybridized carbons (Fsp3) is 0.316. The van der Waals surface area contributed by atoms with Crippen LogP contribution in [0.1, 0.15) is 34.6 Å². The predicted molar refractivity (Wildman–Crippen MR) is 87.5 cm³/mol. The van der Waals surface area contributed by atoms with E-state index in [9.17, 15) is 14.3 Å². The molecule has 23 heavy (non-hydrogen) atoms. The fourth-order valence-electron chi connectivity index (χ4n) is 2.60. The molecule has 1 unspecified atom stereocenters. The number of rotatable bonds is 6. The molecule has 0 bridgehead atoms. The molecular formula is C19H21FO3. The smallest absolute Gasteiger partial charge is 0.311 e. The van der Waals surface area contributed by atoms with Crippen LogP contribution >= 0.6 is 0 Å². The fourth-order valence-corrected chi connectivity index (χ4v) is 2.60. The highest BCUT2D eigenvalue weighted by Gasteiger charge is 2.23. The third-order valence-corrected chi connectivity index (χ3v) is 4.11. The van der Waals surface area contributed by atoms with Crippen molar-refractivity contribution in [2.24, 2.45) is 0 Å². The lowest BCUT2D eigenvalue weighted by atomic mass is 9.95. The molecule has 0 spiro atoms. The van der Waals surface area contributed by atoms with E-state index in [1.165, 1.54) is 12.1 Å². The van der Waals surface area contributed by atoms with Gasteiger partial charge in [-0.25, -0.2) is 4.39 Å². The molecule has 0 aliphatic rings. The van der Waals surface area contributed by atoms with Gasteiger partial charge in [-0.1, -0.05) is 30.3 Å². The van der Waals surface area contributed by atoms with E-state index in [1.54, 1.807) is 12.1 Å². The molecule has 4 heteroatoms. The summed E-state index contributed by atoms with van der Waals surface area (Å²) in [7, 11) is 0. The number of ether oxygens (including phenoxy) is 1. The number of hydrogen-bond donors (Lipinski definition) is 1. The summed E-state index contributed by atoms with van der Waals surface area (Å²) in [6.45, 7) is 6.15. The van der Waals surface area contributed by atoms with E-state index >= 15 is 0 Å². The van der Waals surface area contributed by atoms with Gasteiger partial charge < -0.3 is 9.84 Å². The van der Waals surface area contributed by atoms with Crippen molar-refractivity contribution in [3.63, 3.8) is 0 Å². The van der Waals surface area contributed by atoms with Gasteiger partial charge in [-0.2, -0.15) is 0 Å². The number of aryl methyl sites for hydroxylation is 2. The van der Waals surface area contributed by atoms with E-state index < -0.39 is 17.7 Å². The largest absolute Gasteiger partial charge is 0.493 e.